The van der Waals surface area contributed by atoms with Crippen LogP contribution in [0.5, 0.6) is 5.88 Å². The summed E-state index contributed by atoms with van der Waals surface area (Å²) in [5.74, 6) is 1.11. The number of hydrogen-bond donors (Lipinski definition) is 2. The molecule has 1 aromatic heterocycles. The molecule has 5 heteroatoms. The zero-order valence-electron chi connectivity index (χ0n) is 10.2. The van der Waals surface area contributed by atoms with E-state index in [-0.39, 0.29) is 5.54 Å². The van der Waals surface area contributed by atoms with Crippen molar-refractivity contribution in [3.8, 4) is 5.88 Å². The summed E-state index contributed by atoms with van der Waals surface area (Å²) in [5.41, 5.74) is 5.67. The summed E-state index contributed by atoms with van der Waals surface area (Å²) < 4.78 is 5.05. The van der Waals surface area contributed by atoms with Gasteiger partial charge in [-0.25, -0.2) is 4.98 Å². The minimum atomic E-state index is -0.133. The van der Waals surface area contributed by atoms with Gasteiger partial charge in [0.15, 0.2) is 0 Å². The number of nitrogens with zero attached hydrogens (tertiary/aromatic N) is 2. The number of rotatable bonds is 6. The highest BCUT2D eigenvalue weighted by atomic mass is 16.5. The van der Waals surface area contributed by atoms with Gasteiger partial charge >= 0.3 is 0 Å². The first-order chi connectivity index (χ1) is 7.69. The van der Waals surface area contributed by atoms with E-state index in [4.69, 9.17) is 10.5 Å². The van der Waals surface area contributed by atoms with Gasteiger partial charge < -0.3 is 15.8 Å². The van der Waals surface area contributed by atoms with Crippen molar-refractivity contribution in [2.24, 2.45) is 5.73 Å². The Morgan fingerprint density at radius 2 is 2.12 bits per heavy atom. The average Bonchev–Trinajstić information content (AvgIpc) is 2.36. The van der Waals surface area contributed by atoms with Gasteiger partial charge in [0.2, 0.25) is 11.8 Å². The SMILES string of the molecule is CCC(CC)(CN)Nc1nccc(OC)n1. The molecule has 0 aliphatic heterocycles. The van der Waals surface area contributed by atoms with E-state index < -0.39 is 0 Å². The van der Waals surface area contributed by atoms with E-state index in [0.29, 0.717) is 18.4 Å². The molecule has 0 saturated heterocycles. The second kappa shape index (κ2) is 5.65. The summed E-state index contributed by atoms with van der Waals surface area (Å²) in [6, 6.07) is 1.72. The molecule has 1 heterocycles. The first-order valence-electron chi connectivity index (χ1n) is 5.55. The highest BCUT2D eigenvalue weighted by molar-refractivity contribution is 5.31. The molecule has 0 atom stereocenters. The van der Waals surface area contributed by atoms with Crippen molar-refractivity contribution < 1.29 is 4.74 Å². The van der Waals surface area contributed by atoms with E-state index in [1.165, 1.54) is 0 Å². The molecule has 0 saturated carbocycles. The first kappa shape index (κ1) is 12.7. The fourth-order valence-corrected chi connectivity index (χ4v) is 1.52. The van der Waals surface area contributed by atoms with Crippen molar-refractivity contribution in [3.05, 3.63) is 12.3 Å². The maximum Gasteiger partial charge on any atom is 0.226 e. The Balaban J connectivity index is 2.84. The highest BCUT2D eigenvalue weighted by Gasteiger charge is 2.24. The largest absolute Gasteiger partial charge is 0.481 e. The number of nitrogens with one attached hydrogen (secondary N) is 1. The number of anilines is 1. The third-order valence-electron chi connectivity index (χ3n) is 2.96. The zero-order valence-corrected chi connectivity index (χ0v) is 10.2. The second-order valence-corrected chi connectivity index (χ2v) is 3.74. The van der Waals surface area contributed by atoms with Crippen LogP contribution in [0.4, 0.5) is 5.95 Å². The maximum absolute atomic E-state index is 5.80. The van der Waals surface area contributed by atoms with E-state index in [1.807, 2.05) is 0 Å². The molecule has 3 N–H and O–H groups in total. The molecule has 0 fully saturated rings. The van der Waals surface area contributed by atoms with E-state index in [9.17, 15) is 0 Å². The van der Waals surface area contributed by atoms with Crippen molar-refractivity contribution in [2.75, 3.05) is 19.0 Å². The predicted octanol–water partition coefficient (Wildman–Crippen LogP) is 1.41. The topological polar surface area (TPSA) is 73.1 Å². The lowest BCUT2D eigenvalue weighted by Gasteiger charge is -2.31. The Bertz CT molecular complexity index is 317. The fourth-order valence-electron chi connectivity index (χ4n) is 1.52. The van der Waals surface area contributed by atoms with Gasteiger partial charge in [-0.2, -0.15) is 4.98 Å². The second-order valence-electron chi connectivity index (χ2n) is 3.74. The van der Waals surface area contributed by atoms with Crippen LogP contribution in [0.3, 0.4) is 0 Å². The van der Waals surface area contributed by atoms with Crippen LogP contribution in [0.25, 0.3) is 0 Å². The monoisotopic (exact) mass is 224 g/mol. The Hall–Kier alpha value is -1.36. The van der Waals surface area contributed by atoms with E-state index in [0.717, 1.165) is 12.8 Å². The minimum absolute atomic E-state index is 0.133. The summed E-state index contributed by atoms with van der Waals surface area (Å²) in [4.78, 5) is 8.38. The van der Waals surface area contributed by atoms with Crippen molar-refractivity contribution in [1.29, 1.82) is 0 Å². The number of nitrogens with two attached hydrogens (primary N) is 1. The van der Waals surface area contributed by atoms with Crippen LogP contribution >= 0.6 is 0 Å². The van der Waals surface area contributed by atoms with Crippen molar-refractivity contribution in [3.63, 3.8) is 0 Å². The van der Waals surface area contributed by atoms with E-state index >= 15 is 0 Å². The fraction of sp³-hybridized carbons (Fsp3) is 0.636. The molecule has 0 aliphatic rings. The van der Waals surface area contributed by atoms with Gasteiger partial charge in [0.25, 0.3) is 0 Å². The Kier molecular flexibility index (Phi) is 4.49. The van der Waals surface area contributed by atoms with Crippen LogP contribution < -0.4 is 15.8 Å². The molecule has 1 rings (SSSR count). The van der Waals surface area contributed by atoms with Crippen LogP contribution in [-0.4, -0.2) is 29.2 Å². The lowest BCUT2D eigenvalue weighted by atomic mass is 9.93. The van der Waals surface area contributed by atoms with Crippen LogP contribution in [-0.2, 0) is 0 Å². The predicted molar refractivity (Wildman–Crippen MR) is 64.6 cm³/mol. The summed E-state index contributed by atoms with van der Waals surface area (Å²) in [5, 5.41) is 3.29. The van der Waals surface area contributed by atoms with Gasteiger partial charge in [0.1, 0.15) is 0 Å². The minimum Gasteiger partial charge on any atom is -0.481 e. The first-order valence-corrected chi connectivity index (χ1v) is 5.55. The van der Waals surface area contributed by atoms with Crippen LogP contribution in [0.1, 0.15) is 26.7 Å². The van der Waals surface area contributed by atoms with E-state index in [2.05, 4.69) is 29.1 Å². The quantitative estimate of drug-likeness (QED) is 0.764. The molecule has 0 spiro atoms. The molecule has 0 amide bonds. The summed E-state index contributed by atoms with van der Waals surface area (Å²) >= 11 is 0. The average molecular weight is 224 g/mol. The third-order valence-corrected chi connectivity index (χ3v) is 2.96. The molecule has 1 aromatic rings. The van der Waals surface area contributed by atoms with Gasteiger partial charge in [-0.3, -0.25) is 0 Å². The molecule has 90 valence electrons. The number of methoxy groups -OCH3 is 1. The van der Waals surface area contributed by atoms with Gasteiger partial charge in [-0.15, -0.1) is 0 Å². The molecule has 0 radical (unpaired) electrons. The van der Waals surface area contributed by atoms with Gasteiger partial charge in [0.05, 0.1) is 12.6 Å². The van der Waals surface area contributed by atoms with Gasteiger partial charge in [-0.1, -0.05) is 13.8 Å². The standard InChI is InChI=1S/C11H20N4O/c1-4-11(5-2,8-12)15-10-13-7-6-9(14-10)16-3/h6-7H,4-5,8,12H2,1-3H3,(H,13,14,15). The van der Waals surface area contributed by atoms with Crippen LogP contribution in [0.15, 0.2) is 12.3 Å². The maximum atomic E-state index is 5.80. The Morgan fingerprint density at radius 3 is 2.62 bits per heavy atom. The molecular weight excluding hydrogens is 204 g/mol. The molecule has 0 aliphatic carbocycles. The van der Waals surface area contributed by atoms with Crippen LogP contribution in [0, 0.1) is 0 Å². The van der Waals surface area contributed by atoms with Crippen molar-refractivity contribution in [2.45, 2.75) is 32.2 Å². The normalized spacial score (nSPS) is 11.2. The molecular formula is C11H20N4O. The molecule has 0 unspecified atom stereocenters. The smallest absolute Gasteiger partial charge is 0.226 e. The lowest BCUT2D eigenvalue weighted by molar-refractivity contribution is 0.395. The molecule has 5 nitrogen and oxygen atoms in total. The molecule has 0 aromatic carbocycles. The van der Waals surface area contributed by atoms with Crippen molar-refractivity contribution in [1.82, 2.24) is 9.97 Å². The van der Waals surface area contributed by atoms with Crippen molar-refractivity contribution >= 4 is 5.95 Å². The Labute approximate surface area is 96.4 Å². The number of hydrogen-bond acceptors (Lipinski definition) is 5. The summed E-state index contributed by atoms with van der Waals surface area (Å²) in [6.45, 7) is 4.76. The summed E-state index contributed by atoms with van der Waals surface area (Å²) in [7, 11) is 1.59. The van der Waals surface area contributed by atoms with Gasteiger partial charge in [0, 0.05) is 18.8 Å². The Morgan fingerprint density at radius 1 is 1.44 bits per heavy atom. The lowest BCUT2D eigenvalue weighted by Crippen LogP contribution is -2.44. The highest BCUT2D eigenvalue weighted by Crippen LogP contribution is 2.19. The van der Waals surface area contributed by atoms with Gasteiger partial charge in [-0.05, 0) is 12.8 Å². The zero-order chi connectivity index (χ0) is 12.0. The van der Waals surface area contributed by atoms with Crippen LogP contribution in [0.2, 0.25) is 0 Å². The summed E-state index contributed by atoms with van der Waals surface area (Å²) in [6.07, 6.45) is 3.53. The molecule has 16 heavy (non-hydrogen) atoms. The number of ether oxygens (including phenoxy) is 1. The number of aromatic nitrogens is 2. The van der Waals surface area contributed by atoms with E-state index in [1.54, 1.807) is 19.4 Å². The molecule has 0 bridgehead atoms. The third kappa shape index (κ3) is 2.82.